The lowest BCUT2D eigenvalue weighted by molar-refractivity contribution is 0.725. The van der Waals surface area contributed by atoms with E-state index in [0.717, 1.165) is 30.7 Å². The average Bonchev–Trinajstić information content (AvgIpc) is 3.18. The lowest BCUT2D eigenvalue weighted by atomic mass is 10.2. The van der Waals surface area contributed by atoms with Crippen molar-refractivity contribution in [3.05, 3.63) is 28.8 Å². The average molecular weight is 267 g/mol. The maximum Gasteiger partial charge on any atom is 0.0642 e. The van der Waals surface area contributed by atoms with Crippen molar-refractivity contribution in [1.29, 1.82) is 0 Å². The standard InChI is InChI=1S/C15H23ClN2/c1-3-9-18(13-6-7-13)15-8-5-12(10-14(15)16)11-17-4-2/h5,8,10,13,17H,3-4,6-7,9,11H2,1-2H3. The van der Waals surface area contributed by atoms with Crippen LogP contribution in [-0.2, 0) is 6.54 Å². The van der Waals surface area contributed by atoms with E-state index >= 15 is 0 Å². The number of halogens is 1. The number of hydrogen-bond acceptors (Lipinski definition) is 2. The summed E-state index contributed by atoms with van der Waals surface area (Å²) >= 11 is 6.44. The van der Waals surface area contributed by atoms with Gasteiger partial charge >= 0.3 is 0 Å². The molecule has 0 radical (unpaired) electrons. The van der Waals surface area contributed by atoms with E-state index in [4.69, 9.17) is 11.6 Å². The van der Waals surface area contributed by atoms with Crippen LogP contribution >= 0.6 is 11.6 Å². The Bertz CT molecular complexity index is 388. The molecule has 0 aromatic heterocycles. The van der Waals surface area contributed by atoms with Crippen LogP contribution < -0.4 is 10.2 Å². The summed E-state index contributed by atoms with van der Waals surface area (Å²) in [5, 5.41) is 4.22. The fraction of sp³-hybridized carbons (Fsp3) is 0.600. The molecule has 1 saturated carbocycles. The highest BCUT2D eigenvalue weighted by molar-refractivity contribution is 6.33. The first-order valence-corrected chi connectivity index (χ1v) is 7.39. The van der Waals surface area contributed by atoms with Crippen LogP contribution in [-0.4, -0.2) is 19.1 Å². The lowest BCUT2D eigenvalue weighted by Crippen LogP contribution is -2.26. The van der Waals surface area contributed by atoms with E-state index in [2.05, 4.69) is 42.3 Å². The zero-order valence-electron chi connectivity index (χ0n) is 11.4. The third kappa shape index (κ3) is 3.39. The molecule has 1 aromatic carbocycles. The van der Waals surface area contributed by atoms with Crippen LogP contribution in [0.2, 0.25) is 5.02 Å². The van der Waals surface area contributed by atoms with Crippen molar-refractivity contribution in [2.75, 3.05) is 18.0 Å². The molecule has 0 spiro atoms. The smallest absolute Gasteiger partial charge is 0.0642 e. The molecule has 18 heavy (non-hydrogen) atoms. The summed E-state index contributed by atoms with van der Waals surface area (Å²) in [6.45, 7) is 7.34. The Kier molecular flexibility index (Phi) is 4.90. The monoisotopic (exact) mass is 266 g/mol. The van der Waals surface area contributed by atoms with Crippen molar-refractivity contribution in [1.82, 2.24) is 5.32 Å². The maximum absolute atomic E-state index is 6.44. The molecular weight excluding hydrogens is 244 g/mol. The Morgan fingerprint density at radius 3 is 2.67 bits per heavy atom. The van der Waals surface area contributed by atoms with Crippen molar-refractivity contribution < 1.29 is 0 Å². The molecule has 0 unspecified atom stereocenters. The van der Waals surface area contributed by atoms with Crippen molar-refractivity contribution in [2.45, 2.75) is 45.7 Å². The molecular formula is C15H23ClN2. The van der Waals surface area contributed by atoms with Gasteiger partial charge in [0.1, 0.15) is 0 Å². The molecule has 1 aromatic rings. The molecule has 0 heterocycles. The molecule has 3 heteroatoms. The van der Waals surface area contributed by atoms with E-state index in [1.54, 1.807) is 0 Å². The van der Waals surface area contributed by atoms with Crippen molar-refractivity contribution in [3.8, 4) is 0 Å². The zero-order chi connectivity index (χ0) is 13.0. The minimum atomic E-state index is 0.724. The van der Waals surface area contributed by atoms with Gasteiger partial charge in [0, 0.05) is 19.1 Å². The molecule has 2 nitrogen and oxygen atoms in total. The van der Waals surface area contributed by atoms with Crippen LogP contribution in [0.4, 0.5) is 5.69 Å². The number of nitrogens with zero attached hydrogens (tertiary/aromatic N) is 1. The fourth-order valence-corrected chi connectivity index (χ4v) is 2.60. The summed E-state index contributed by atoms with van der Waals surface area (Å²) in [6, 6.07) is 7.20. The number of rotatable bonds is 7. The van der Waals surface area contributed by atoms with Gasteiger partial charge in [-0.15, -0.1) is 0 Å². The van der Waals surface area contributed by atoms with E-state index < -0.39 is 0 Å². The first-order chi connectivity index (χ1) is 8.76. The van der Waals surface area contributed by atoms with E-state index in [0.29, 0.717) is 0 Å². The topological polar surface area (TPSA) is 15.3 Å². The SMILES string of the molecule is CCCN(c1ccc(CNCC)cc1Cl)C1CC1. The second-order valence-electron chi connectivity index (χ2n) is 4.99. The number of benzene rings is 1. The highest BCUT2D eigenvalue weighted by Gasteiger charge is 2.29. The first kappa shape index (κ1) is 13.7. The van der Waals surface area contributed by atoms with Gasteiger partial charge in [0.25, 0.3) is 0 Å². The van der Waals surface area contributed by atoms with Crippen LogP contribution in [0.5, 0.6) is 0 Å². The Hall–Kier alpha value is -0.730. The largest absolute Gasteiger partial charge is 0.367 e. The first-order valence-electron chi connectivity index (χ1n) is 7.02. The van der Waals surface area contributed by atoms with Gasteiger partial charge in [-0.25, -0.2) is 0 Å². The van der Waals surface area contributed by atoms with Gasteiger partial charge in [-0.2, -0.15) is 0 Å². The summed E-state index contributed by atoms with van der Waals surface area (Å²) in [6.07, 6.45) is 3.80. The maximum atomic E-state index is 6.44. The van der Waals surface area contributed by atoms with Crippen LogP contribution in [0.25, 0.3) is 0 Å². The lowest BCUT2D eigenvalue weighted by Gasteiger charge is -2.25. The van der Waals surface area contributed by atoms with Crippen molar-refractivity contribution >= 4 is 17.3 Å². The molecule has 2 rings (SSSR count). The van der Waals surface area contributed by atoms with E-state index in [1.807, 2.05) is 0 Å². The van der Waals surface area contributed by atoms with Gasteiger partial charge in [0.2, 0.25) is 0 Å². The molecule has 1 aliphatic rings. The Morgan fingerprint density at radius 2 is 2.11 bits per heavy atom. The van der Waals surface area contributed by atoms with Crippen molar-refractivity contribution in [3.63, 3.8) is 0 Å². The summed E-state index contributed by atoms with van der Waals surface area (Å²) in [4.78, 5) is 2.47. The molecule has 1 N–H and O–H groups in total. The molecule has 0 aliphatic heterocycles. The highest BCUT2D eigenvalue weighted by atomic mass is 35.5. The second kappa shape index (κ2) is 6.44. The van der Waals surface area contributed by atoms with Gasteiger partial charge < -0.3 is 10.2 Å². The number of hydrogen-bond donors (Lipinski definition) is 1. The normalized spacial score (nSPS) is 14.8. The zero-order valence-corrected chi connectivity index (χ0v) is 12.1. The van der Waals surface area contributed by atoms with E-state index in [1.165, 1.54) is 30.5 Å². The molecule has 0 saturated heterocycles. The van der Waals surface area contributed by atoms with Gasteiger partial charge in [-0.3, -0.25) is 0 Å². The van der Waals surface area contributed by atoms with E-state index in [9.17, 15) is 0 Å². The quantitative estimate of drug-likeness (QED) is 0.807. The van der Waals surface area contributed by atoms with E-state index in [-0.39, 0.29) is 0 Å². The number of nitrogens with one attached hydrogen (secondary N) is 1. The highest BCUT2D eigenvalue weighted by Crippen LogP contribution is 2.36. The van der Waals surface area contributed by atoms with Crippen LogP contribution in [0.3, 0.4) is 0 Å². The third-order valence-electron chi connectivity index (χ3n) is 3.35. The van der Waals surface area contributed by atoms with Crippen molar-refractivity contribution in [2.24, 2.45) is 0 Å². The van der Waals surface area contributed by atoms with Gasteiger partial charge in [-0.1, -0.05) is 31.5 Å². The fourth-order valence-electron chi connectivity index (χ4n) is 2.29. The molecule has 1 aliphatic carbocycles. The predicted octanol–water partition coefficient (Wildman–Crippen LogP) is 3.83. The Morgan fingerprint density at radius 1 is 1.33 bits per heavy atom. The molecule has 0 amide bonds. The van der Waals surface area contributed by atoms with Gasteiger partial charge in [-0.05, 0) is 43.5 Å². The minimum Gasteiger partial charge on any atom is -0.367 e. The molecule has 0 bridgehead atoms. The van der Waals surface area contributed by atoms with Gasteiger partial charge in [0.15, 0.2) is 0 Å². The second-order valence-corrected chi connectivity index (χ2v) is 5.40. The summed E-state index contributed by atoms with van der Waals surface area (Å²) in [7, 11) is 0. The Labute approximate surface area is 115 Å². The van der Waals surface area contributed by atoms with Crippen LogP contribution in [0.15, 0.2) is 18.2 Å². The predicted molar refractivity (Wildman–Crippen MR) is 79.5 cm³/mol. The summed E-state index contributed by atoms with van der Waals surface area (Å²) in [5.41, 5.74) is 2.47. The molecule has 1 fully saturated rings. The summed E-state index contributed by atoms with van der Waals surface area (Å²) in [5.74, 6) is 0. The third-order valence-corrected chi connectivity index (χ3v) is 3.66. The minimum absolute atomic E-state index is 0.724. The van der Waals surface area contributed by atoms with Crippen LogP contribution in [0.1, 0.15) is 38.7 Å². The van der Waals surface area contributed by atoms with Gasteiger partial charge in [0.05, 0.1) is 10.7 Å². The molecule has 100 valence electrons. The number of anilines is 1. The molecule has 0 atom stereocenters. The summed E-state index contributed by atoms with van der Waals surface area (Å²) < 4.78 is 0. The van der Waals surface area contributed by atoms with Crippen LogP contribution in [0, 0.1) is 0 Å². The Balaban J connectivity index is 2.11.